The van der Waals surface area contributed by atoms with Gasteiger partial charge in [0, 0.05) is 17.4 Å². The number of benzene rings is 2. The summed E-state index contributed by atoms with van der Waals surface area (Å²) in [6.45, 7) is 3.16. The molecule has 1 N–H and O–H groups in total. The number of hydrogen-bond donors (Lipinski definition) is 1. The normalized spacial score (nSPS) is 15.8. The molecule has 2 amide bonds. The molecule has 7 nitrogen and oxygen atoms in total. The van der Waals surface area contributed by atoms with E-state index in [0.717, 1.165) is 77.1 Å². The lowest BCUT2D eigenvalue weighted by atomic mass is 10.0. The van der Waals surface area contributed by atoms with Crippen LogP contribution in [0.2, 0.25) is 0 Å². The standard InChI is InChI=1S/C24H27N2O5PS/c1-2-4-18-20(10-9-17-19(11-14-32)26-31-21(17)18)30-13-3-12-29-16-7-5-15(6-8-16)22-23(27)25-24(28)33-22/h5-10,22H,2-4,11-14,32H2,1H3,(H,25,27,28). The topological polar surface area (TPSA) is 90.7 Å². The molecule has 9 heteroatoms. The van der Waals surface area contributed by atoms with Gasteiger partial charge >= 0.3 is 0 Å². The van der Waals surface area contributed by atoms with Crippen molar-refractivity contribution in [3.63, 3.8) is 0 Å². The largest absolute Gasteiger partial charge is 0.493 e. The summed E-state index contributed by atoms with van der Waals surface area (Å²) < 4.78 is 17.5. The minimum atomic E-state index is -0.490. The number of imide groups is 1. The highest BCUT2D eigenvalue weighted by atomic mass is 32.2. The molecular weight excluding hydrogens is 459 g/mol. The molecule has 2 atom stereocenters. The van der Waals surface area contributed by atoms with Gasteiger partial charge in [-0.15, -0.1) is 9.24 Å². The van der Waals surface area contributed by atoms with E-state index < -0.39 is 5.25 Å². The number of carbonyl (C=O) groups excluding carboxylic acids is 2. The lowest BCUT2D eigenvalue weighted by Gasteiger charge is -2.12. The summed E-state index contributed by atoms with van der Waals surface area (Å²) >= 11 is 0.995. The fourth-order valence-electron chi connectivity index (χ4n) is 3.78. The number of nitrogens with one attached hydrogen (secondary N) is 1. The van der Waals surface area contributed by atoms with Crippen LogP contribution in [0.25, 0.3) is 11.0 Å². The van der Waals surface area contributed by atoms with Gasteiger partial charge in [0.15, 0.2) is 5.58 Å². The van der Waals surface area contributed by atoms with Crippen molar-refractivity contribution in [3.8, 4) is 11.5 Å². The third kappa shape index (κ3) is 5.50. The van der Waals surface area contributed by atoms with Crippen molar-refractivity contribution in [1.29, 1.82) is 0 Å². The van der Waals surface area contributed by atoms with Crippen LogP contribution in [-0.4, -0.2) is 35.7 Å². The van der Waals surface area contributed by atoms with Crippen LogP contribution in [-0.2, 0) is 17.6 Å². The Morgan fingerprint density at radius 2 is 1.88 bits per heavy atom. The summed E-state index contributed by atoms with van der Waals surface area (Å²) in [6, 6.07) is 11.3. The number of aryl methyl sites for hydroxylation is 2. The Morgan fingerprint density at radius 1 is 1.09 bits per heavy atom. The van der Waals surface area contributed by atoms with E-state index in [9.17, 15) is 9.59 Å². The maximum absolute atomic E-state index is 11.8. The molecule has 2 aromatic carbocycles. The van der Waals surface area contributed by atoms with Gasteiger partial charge in [0.25, 0.3) is 5.24 Å². The van der Waals surface area contributed by atoms with Gasteiger partial charge in [0.05, 0.1) is 18.9 Å². The van der Waals surface area contributed by atoms with Crippen LogP contribution < -0.4 is 14.8 Å². The molecular formula is C24H27N2O5PS. The smallest absolute Gasteiger partial charge is 0.286 e. The number of rotatable bonds is 11. The number of hydrogen-bond acceptors (Lipinski definition) is 7. The van der Waals surface area contributed by atoms with Crippen molar-refractivity contribution in [2.24, 2.45) is 0 Å². The molecule has 0 bridgehead atoms. The number of amides is 2. The maximum atomic E-state index is 11.8. The van der Waals surface area contributed by atoms with Gasteiger partial charge in [0.2, 0.25) is 5.91 Å². The molecule has 1 saturated heterocycles. The number of nitrogens with zero attached hydrogens (tertiary/aromatic N) is 1. The van der Waals surface area contributed by atoms with Crippen LogP contribution in [0.5, 0.6) is 11.5 Å². The van der Waals surface area contributed by atoms with Crippen molar-refractivity contribution in [2.75, 3.05) is 19.4 Å². The number of fused-ring (bicyclic) bond motifs is 1. The highest BCUT2D eigenvalue weighted by Crippen LogP contribution is 2.35. The summed E-state index contributed by atoms with van der Waals surface area (Å²) in [6.07, 6.45) is 4.39. The Bertz CT molecular complexity index is 1130. The lowest BCUT2D eigenvalue weighted by Crippen LogP contribution is -2.20. The van der Waals surface area contributed by atoms with E-state index in [1.807, 2.05) is 36.4 Å². The number of ether oxygens (including phenoxy) is 2. The first-order valence-electron chi connectivity index (χ1n) is 11.1. The van der Waals surface area contributed by atoms with Crippen LogP contribution in [0.4, 0.5) is 4.79 Å². The molecule has 1 fully saturated rings. The summed E-state index contributed by atoms with van der Waals surface area (Å²) in [4.78, 5) is 23.1. The third-order valence-electron chi connectivity index (χ3n) is 5.34. The van der Waals surface area contributed by atoms with Crippen molar-refractivity contribution >= 4 is 43.1 Å². The van der Waals surface area contributed by atoms with Crippen molar-refractivity contribution < 1.29 is 23.6 Å². The Labute approximate surface area is 199 Å². The minimum Gasteiger partial charge on any atom is -0.493 e. The van der Waals surface area contributed by atoms with Crippen LogP contribution in [0.15, 0.2) is 40.9 Å². The monoisotopic (exact) mass is 486 g/mol. The molecule has 0 radical (unpaired) electrons. The maximum Gasteiger partial charge on any atom is 0.286 e. The molecule has 1 aromatic heterocycles. The highest BCUT2D eigenvalue weighted by molar-refractivity contribution is 8.15. The van der Waals surface area contributed by atoms with E-state index in [1.54, 1.807) is 0 Å². The Kier molecular flexibility index (Phi) is 7.89. The molecule has 2 unspecified atom stereocenters. The number of aromatic nitrogens is 1. The third-order valence-corrected chi connectivity index (χ3v) is 6.67. The minimum absolute atomic E-state index is 0.276. The van der Waals surface area contributed by atoms with Crippen molar-refractivity contribution in [2.45, 2.75) is 37.9 Å². The zero-order valence-corrected chi connectivity index (χ0v) is 20.4. The van der Waals surface area contributed by atoms with E-state index in [-0.39, 0.29) is 11.1 Å². The van der Waals surface area contributed by atoms with Gasteiger partial charge in [-0.1, -0.05) is 30.6 Å². The quantitative estimate of drug-likeness (QED) is 0.299. The van der Waals surface area contributed by atoms with Crippen molar-refractivity contribution in [3.05, 3.63) is 53.2 Å². The van der Waals surface area contributed by atoms with Gasteiger partial charge in [-0.25, -0.2) is 0 Å². The zero-order chi connectivity index (χ0) is 23.2. The van der Waals surface area contributed by atoms with Gasteiger partial charge in [-0.2, -0.15) is 0 Å². The molecule has 1 aliphatic rings. The first-order chi connectivity index (χ1) is 16.1. The van der Waals surface area contributed by atoms with Gasteiger partial charge in [0.1, 0.15) is 16.7 Å². The zero-order valence-electron chi connectivity index (χ0n) is 18.5. The van der Waals surface area contributed by atoms with Gasteiger partial charge in [-0.3, -0.25) is 14.9 Å². The fraction of sp³-hybridized carbons (Fsp3) is 0.375. The highest BCUT2D eigenvalue weighted by Gasteiger charge is 2.32. The van der Waals surface area contributed by atoms with Crippen LogP contribution in [0.3, 0.4) is 0 Å². The second-order valence-corrected chi connectivity index (χ2v) is 9.39. The van der Waals surface area contributed by atoms with E-state index >= 15 is 0 Å². The SMILES string of the molecule is CCCc1c(OCCCOc2ccc(C3SC(=O)NC3=O)cc2)ccc2c(CCP)noc12. The van der Waals surface area contributed by atoms with Crippen LogP contribution >= 0.6 is 21.0 Å². The summed E-state index contributed by atoms with van der Waals surface area (Å²) in [5.41, 5.74) is 3.67. The average molecular weight is 487 g/mol. The Hall–Kier alpha value is -2.57. The second-order valence-electron chi connectivity index (χ2n) is 7.73. The fourth-order valence-corrected chi connectivity index (χ4v) is 4.88. The summed E-state index contributed by atoms with van der Waals surface area (Å²) in [7, 11) is 2.73. The molecule has 174 valence electrons. The number of carbonyl (C=O) groups is 2. The first kappa shape index (κ1) is 23.6. The Morgan fingerprint density at radius 3 is 2.58 bits per heavy atom. The van der Waals surface area contributed by atoms with Crippen LogP contribution in [0.1, 0.15) is 41.8 Å². The second kappa shape index (κ2) is 11.0. The van der Waals surface area contributed by atoms with Crippen LogP contribution in [0, 0.1) is 0 Å². The summed E-state index contributed by atoms with van der Waals surface area (Å²) in [5.74, 6) is 1.27. The molecule has 1 aliphatic heterocycles. The number of thioether (sulfide) groups is 1. The van der Waals surface area contributed by atoms with Gasteiger partial charge < -0.3 is 14.0 Å². The molecule has 2 heterocycles. The average Bonchev–Trinajstić information content (AvgIpc) is 3.38. The van der Waals surface area contributed by atoms with E-state index in [0.29, 0.717) is 19.0 Å². The Balaban J connectivity index is 1.29. The predicted molar refractivity (Wildman–Crippen MR) is 132 cm³/mol. The summed E-state index contributed by atoms with van der Waals surface area (Å²) in [5, 5.41) is 6.82. The van der Waals surface area contributed by atoms with Gasteiger partial charge in [-0.05, 0) is 60.6 Å². The first-order valence-corrected chi connectivity index (χ1v) is 12.8. The molecule has 0 saturated carbocycles. The molecule has 0 spiro atoms. The van der Waals surface area contributed by atoms with E-state index in [1.165, 1.54) is 0 Å². The van der Waals surface area contributed by atoms with E-state index in [2.05, 4.69) is 26.6 Å². The van der Waals surface area contributed by atoms with E-state index in [4.69, 9.17) is 14.0 Å². The predicted octanol–water partition coefficient (Wildman–Crippen LogP) is 5.07. The molecule has 3 aromatic rings. The lowest BCUT2D eigenvalue weighted by molar-refractivity contribution is -0.119. The van der Waals surface area contributed by atoms with Crippen molar-refractivity contribution in [1.82, 2.24) is 10.5 Å². The molecule has 33 heavy (non-hydrogen) atoms. The molecule has 0 aliphatic carbocycles. The molecule has 4 rings (SSSR count).